The van der Waals surface area contributed by atoms with Crippen molar-refractivity contribution in [3.8, 4) is 23.8 Å². The third-order valence-corrected chi connectivity index (χ3v) is 2.10. The van der Waals surface area contributed by atoms with Gasteiger partial charge in [-0.25, -0.2) is 0 Å². The van der Waals surface area contributed by atoms with Gasteiger partial charge in [0.2, 0.25) is 0 Å². The Bertz CT molecular complexity index is 366. The number of hydrogen-bond donors (Lipinski definition) is 1. The average Bonchev–Trinajstić information content (AvgIpc) is 2.28. The number of terminal acetylenes is 1. The fourth-order valence-corrected chi connectivity index (χ4v) is 1.29. The van der Waals surface area contributed by atoms with Gasteiger partial charge in [-0.3, -0.25) is 0 Å². The van der Waals surface area contributed by atoms with Crippen LogP contribution in [0.15, 0.2) is 18.2 Å². The molecule has 3 nitrogen and oxygen atoms in total. The zero-order chi connectivity index (χ0) is 11.3. The first-order valence-corrected chi connectivity index (χ1v) is 4.56. The lowest BCUT2D eigenvalue weighted by Crippen LogP contribution is -1.98. The van der Waals surface area contributed by atoms with Crippen LogP contribution in [0.5, 0.6) is 11.5 Å². The highest BCUT2D eigenvalue weighted by molar-refractivity contribution is 5.43. The van der Waals surface area contributed by atoms with Crippen LogP contribution in [-0.4, -0.2) is 19.3 Å². The lowest BCUT2D eigenvalue weighted by atomic mass is 10.1. The molecule has 0 saturated heterocycles. The van der Waals surface area contributed by atoms with Gasteiger partial charge in [0.05, 0.1) is 20.3 Å². The first kappa shape index (κ1) is 11.4. The van der Waals surface area contributed by atoms with E-state index in [1.807, 2.05) is 0 Å². The van der Waals surface area contributed by atoms with Crippen LogP contribution < -0.4 is 9.47 Å². The second-order valence-electron chi connectivity index (χ2n) is 3.04. The van der Waals surface area contributed by atoms with E-state index in [0.717, 1.165) is 5.56 Å². The smallest absolute Gasteiger partial charge is 0.161 e. The molecule has 0 radical (unpaired) electrons. The Morgan fingerprint density at radius 1 is 1.33 bits per heavy atom. The van der Waals surface area contributed by atoms with Crippen molar-refractivity contribution in [2.45, 2.75) is 12.5 Å². The van der Waals surface area contributed by atoms with Gasteiger partial charge < -0.3 is 14.6 Å². The second kappa shape index (κ2) is 5.28. The molecule has 15 heavy (non-hydrogen) atoms. The number of rotatable bonds is 4. The zero-order valence-electron chi connectivity index (χ0n) is 8.86. The fraction of sp³-hybridized carbons (Fsp3) is 0.333. The standard InChI is InChI=1S/C12H14O3/c1-4-5-10(13)9-6-7-11(14-2)12(8-9)15-3/h1,6-8,10,13H,5H2,2-3H3. The van der Waals surface area contributed by atoms with Gasteiger partial charge in [0.15, 0.2) is 11.5 Å². The van der Waals surface area contributed by atoms with Gasteiger partial charge in [0.25, 0.3) is 0 Å². The molecule has 0 saturated carbocycles. The van der Waals surface area contributed by atoms with Gasteiger partial charge in [-0.2, -0.15) is 0 Å². The SMILES string of the molecule is C#CCC(O)c1ccc(OC)c(OC)c1. The van der Waals surface area contributed by atoms with Crippen LogP contribution in [0.1, 0.15) is 18.1 Å². The van der Waals surface area contributed by atoms with Crippen molar-refractivity contribution in [2.24, 2.45) is 0 Å². The van der Waals surface area contributed by atoms with Crippen molar-refractivity contribution < 1.29 is 14.6 Å². The summed E-state index contributed by atoms with van der Waals surface area (Å²) in [6.07, 6.45) is 4.76. The molecule has 1 N–H and O–H groups in total. The van der Waals surface area contributed by atoms with Gasteiger partial charge in [0.1, 0.15) is 0 Å². The van der Waals surface area contributed by atoms with Gasteiger partial charge >= 0.3 is 0 Å². The lowest BCUT2D eigenvalue weighted by Gasteiger charge is -2.12. The summed E-state index contributed by atoms with van der Waals surface area (Å²) in [5, 5.41) is 9.67. The number of aliphatic hydroxyl groups is 1. The van der Waals surface area contributed by atoms with Crippen LogP contribution >= 0.6 is 0 Å². The van der Waals surface area contributed by atoms with E-state index in [0.29, 0.717) is 11.5 Å². The predicted molar refractivity (Wildman–Crippen MR) is 58.0 cm³/mol. The molecule has 1 atom stereocenters. The lowest BCUT2D eigenvalue weighted by molar-refractivity contribution is 0.183. The van der Waals surface area contributed by atoms with E-state index in [1.54, 1.807) is 32.4 Å². The Morgan fingerprint density at radius 2 is 2.00 bits per heavy atom. The molecular weight excluding hydrogens is 192 g/mol. The van der Waals surface area contributed by atoms with E-state index < -0.39 is 6.10 Å². The summed E-state index contributed by atoms with van der Waals surface area (Å²) in [4.78, 5) is 0. The molecule has 0 spiro atoms. The molecule has 0 aliphatic carbocycles. The number of methoxy groups -OCH3 is 2. The van der Waals surface area contributed by atoms with E-state index in [9.17, 15) is 5.11 Å². The Balaban J connectivity index is 2.98. The third-order valence-electron chi connectivity index (χ3n) is 2.10. The molecule has 1 unspecified atom stereocenters. The zero-order valence-corrected chi connectivity index (χ0v) is 8.86. The summed E-state index contributed by atoms with van der Waals surface area (Å²) in [7, 11) is 3.12. The quantitative estimate of drug-likeness (QED) is 0.763. The number of aliphatic hydroxyl groups excluding tert-OH is 1. The summed E-state index contributed by atoms with van der Waals surface area (Å²) in [6.45, 7) is 0. The van der Waals surface area contributed by atoms with Crippen LogP contribution in [0.2, 0.25) is 0 Å². The van der Waals surface area contributed by atoms with Crippen LogP contribution in [0, 0.1) is 12.3 Å². The largest absolute Gasteiger partial charge is 0.493 e. The molecule has 0 heterocycles. The maximum absolute atomic E-state index is 9.67. The van der Waals surface area contributed by atoms with Crippen molar-refractivity contribution in [3.05, 3.63) is 23.8 Å². The molecule has 0 aliphatic rings. The van der Waals surface area contributed by atoms with Gasteiger partial charge in [0, 0.05) is 6.42 Å². The van der Waals surface area contributed by atoms with Crippen LogP contribution in [0.3, 0.4) is 0 Å². The van der Waals surface area contributed by atoms with E-state index in [-0.39, 0.29) is 6.42 Å². The first-order chi connectivity index (χ1) is 7.22. The molecule has 80 valence electrons. The van der Waals surface area contributed by atoms with Crippen LogP contribution in [0.4, 0.5) is 0 Å². The molecule has 3 heteroatoms. The molecule has 0 aliphatic heterocycles. The van der Waals surface area contributed by atoms with E-state index in [2.05, 4.69) is 5.92 Å². The van der Waals surface area contributed by atoms with Crippen molar-refractivity contribution in [1.29, 1.82) is 0 Å². The predicted octanol–water partition coefficient (Wildman–Crippen LogP) is 1.76. The number of ether oxygens (including phenoxy) is 2. The highest BCUT2D eigenvalue weighted by Crippen LogP contribution is 2.30. The topological polar surface area (TPSA) is 38.7 Å². The Morgan fingerprint density at radius 3 is 2.53 bits per heavy atom. The van der Waals surface area contributed by atoms with E-state index in [4.69, 9.17) is 15.9 Å². The molecule has 1 rings (SSSR count). The Hall–Kier alpha value is -1.66. The minimum Gasteiger partial charge on any atom is -0.493 e. The summed E-state index contributed by atoms with van der Waals surface area (Å²) in [5.74, 6) is 3.63. The summed E-state index contributed by atoms with van der Waals surface area (Å²) in [5.41, 5.74) is 0.727. The van der Waals surface area contributed by atoms with Gasteiger partial charge in [-0.05, 0) is 17.7 Å². The molecule has 0 aromatic heterocycles. The fourth-order valence-electron chi connectivity index (χ4n) is 1.29. The summed E-state index contributed by atoms with van der Waals surface area (Å²) < 4.78 is 10.2. The monoisotopic (exact) mass is 206 g/mol. The highest BCUT2D eigenvalue weighted by atomic mass is 16.5. The van der Waals surface area contributed by atoms with Crippen molar-refractivity contribution in [1.82, 2.24) is 0 Å². The summed E-state index contributed by atoms with van der Waals surface area (Å²) >= 11 is 0. The van der Waals surface area contributed by atoms with Gasteiger partial charge in [-0.15, -0.1) is 12.3 Å². The normalized spacial score (nSPS) is 11.6. The molecule has 1 aromatic rings. The molecule has 0 bridgehead atoms. The van der Waals surface area contributed by atoms with Crippen molar-refractivity contribution >= 4 is 0 Å². The second-order valence-corrected chi connectivity index (χ2v) is 3.04. The number of benzene rings is 1. The third kappa shape index (κ3) is 2.64. The Labute approximate surface area is 89.6 Å². The minimum absolute atomic E-state index is 0.287. The van der Waals surface area contributed by atoms with Gasteiger partial charge in [-0.1, -0.05) is 6.07 Å². The molecule has 0 amide bonds. The van der Waals surface area contributed by atoms with E-state index in [1.165, 1.54) is 0 Å². The van der Waals surface area contributed by atoms with Crippen molar-refractivity contribution in [2.75, 3.05) is 14.2 Å². The van der Waals surface area contributed by atoms with Crippen LogP contribution in [-0.2, 0) is 0 Å². The first-order valence-electron chi connectivity index (χ1n) is 4.56. The Kier molecular flexibility index (Phi) is 4.02. The number of hydrogen-bond acceptors (Lipinski definition) is 3. The molecule has 0 fully saturated rings. The van der Waals surface area contributed by atoms with Crippen molar-refractivity contribution in [3.63, 3.8) is 0 Å². The maximum Gasteiger partial charge on any atom is 0.161 e. The maximum atomic E-state index is 9.67. The van der Waals surface area contributed by atoms with E-state index >= 15 is 0 Å². The molecular formula is C12H14O3. The summed E-state index contributed by atoms with van der Waals surface area (Å²) in [6, 6.07) is 5.23. The van der Waals surface area contributed by atoms with Crippen LogP contribution in [0.25, 0.3) is 0 Å². The highest BCUT2D eigenvalue weighted by Gasteiger charge is 2.10. The molecule has 1 aromatic carbocycles. The average molecular weight is 206 g/mol. The minimum atomic E-state index is -0.658.